The van der Waals surface area contributed by atoms with Gasteiger partial charge in [0, 0.05) is 37.8 Å². The van der Waals surface area contributed by atoms with Crippen molar-refractivity contribution in [3.63, 3.8) is 0 Å². The van der Waals surface area contributed by atoms with Crippen molar-refractivity contribution in [1.82, 2.24) is 4.98 Å². The molecule has 2 aliphatic heterocycles. The number of hydrogen-bond donors (Lipinski definition) is 2. The summed E-state index contributed by atoms with van der Waals surface area (Å²) in [6.07, 6.45) is -4.99. The van der Waals surface area contributed by atoms with Crippen molar-refractivity contribution in [2.45, 2.75) is 31.7 Å². The van der Waals surface area contributed by atoms with Crippen LogP contribution >= 0.6 is 0 Å². The number of aliphatic carboxylic acids is 1. The normalized spacial score (nSPS) is 33.0. The second-order valence-corrected chi connectivity index (χ2v) is 7.52. The zero-order valence-electron chi connectivity index (χ0n) is 14.1. The molecule has 0 radical (unpaired) electrons. The molecule has 3 aliphatic rings. The molecule has 1 aromatic rings. The van der Waals surface area contributed by atoms with E-state index in [0.717, 1.165) is 6.07 Å². The van der Waals surface area contributed by atoms with Crippen LogP contribution in [0.25, 0.3) is 0 Å². The monoisotopic (exact) mass is 371 g/mol. The summed E-state index contributed by atoms with van der Waals surface area (Å²) < 4.78 is 39.8. The Morgan fingerprint density at radius 3 is 2.42 bits per heavy atom. The minimum atomic E-state index is -4.55. The zero-order valence-corrected chi connectivity index (χ0v) is 14.1. The van der Waals surface area contributed by atoms with Crippen molar-refractivity contribution >= 4 is 17.5 Å². The zero-order chi connectivity index (χ0) is 18.8. The van der Waals surface area contributed by atoms with E-state index in [2.05, 4.69) is 4.98 Å². The Kier molecular flexibility index (Phi) is 3.83. The number of aliphatic hydroxyl groups is 1. The van der Waals surface area contributed by atoms with Gasteiger partial charge in [0.25, 0.3) is 0 Å². The number of piperidine rings is 1. The van der Waals surface area contributed by atoms with E-state index < -0.39 is 23.9 Å². The topological polar surface area (TPSA) is 76.9 Å². The number of pyridine rings is 1. The number of carboxylic acids is 1. The summed E-state index contributed by atoms with van der Waals surface area (Å²) in [5, 5.41) is 18.5. The predicted octanol–water partition coefficient (Wildman–Crippen LogP) is 1.83. The summed E-state index contributed by atoms with van der Waals surface area (Å²) in [7, 11) is 0. The Labute approximate surface area is 148 Å². The molecule has 2 N–H and O–H groups in total. The largest absolute Gasteiger partial charge is 0.481 e. The lowest BCUT2D eigenvalue weighted by molar-refractivity contribution is -0.141. The molecule has 0 bridgehead atoms. The summed E-state index contributed by atoms with van der Waals surface area (Å²) in [4.78, 5) is 18.1. The molecular weight excluding hydrogens is 351 g/mol. The Morgan fingerprint density at radius 2 is 1.92 bits per heavy atom. The number of alkyl halides is 3. The molecule has 0 spiro atoms. The van der Waals surface area contributed by atoms with Crippen LogP contribution in [0.2, 0.25) is 0 Å². The molecule has 4 rings (SSSR count). The molecule has 3 fully saturated rings. The number of aliphatic hydroxyl groups excluding tert-OH is 1. The molecule has 1 unspecified atom stereocenters. The third kappa shape index (κ3) is 2.87. The van der Waals surface area contributed by atoms with Crippen molar-refractivity contribution in [3.8, 4) is 0 Å². The molecule has 1 aromatic heterocycles. The molecule has 6 nitrogen and oxygen atoms in total. The van der Waals surface area contributed by atoms with Gasteiger partial charge in [0.05, 0.1) is 12.1 Å². The van der Waals surface area contributed by atoms with Gasteiger partial charge >= 0.3 is 12.1 Å². The molecule has 0 aromatic carbocycles. The minimum absolute atomic E-state index is 0.127. The lowest BCUT2D eigenvalue weighted by Gasteiger charge is -2.44. The SMILES string of the molecule is C[C@H]1[C@H](O)CN1c1cc(N2C[C@@H]3C(CC(=O)O)[C@@H]3C2)cc(C(F)(F)F)n1. The summed E-state index contributed by atoms with van der Waals surface area (Å²) in [6, 6.07) is 2.42. The number of nitrogens with zero attached hydrogens (tertiary/aromatic N) is 3. The van der Waals surface area contributed by atoms with Gasteiger partial charge in [-0.25, -0.2) is 4.98 Å². The van der Waals surface area contributed by atoms with Gasteiger partial charge in [-0.1, -0.05) is 0 Å². The molecule has 26 heavy (non-hydrogen) atoms. The van der Waals surface area contributed by atoms with Crippen molar-refractivity contribution in [2.24, 2.45) is 17.8 Å². The third-order valence-corrected chi connectivity index (χ3v) is 5.96. The maximum Gasteiger partial charge on any atom is 0.433 e. The van der Waals surface area contributed by atoms with E-state index in [9.17, 15) is 23.1 Å². The van der Waals surface area contributed by atoms with Gasteiger partial charge in [-0.2, -0.15) is 13.2 Å². The summed E-state index contributed by atoms with van der Waals surface area (Å²) in [5.74, 6) is 0.00317. The molecular formula is C17H20F3N3O3. The van der Waals surface area contributed by atoms with Crippen LogP contribution in [0.4, 0.5) is 24.7 Å². The first-order chi connectivity index (χ1) is 12.1. The van der Waals surface area contributed by atoms with Crippen molar-refractivity contribution in [2.75, 3.05) is 29.4 Å². The number of carbonyl (C=O) groups is 1. The van der Waals surface area contributed by atoms with Crippen molar-refractivity contribution in [1.29, 1.82) is 0 Å². The van der Waals surface area contributed by atoms with Gasteiger partial charge in [0.2, 0.25) is 0 Å². The van der Waals surface area contributed by atoms with Crippen LogP contribution in [-0.2, 0) is 11.0 Å². The van der Waals surface area contributed by atoms with E-state index in [1.165, 1.54) is 0 Å². The van der Waals surface area contributed by atoms with Crippen LogP contribution in [0.1, 0.15) is 19.0 Å². The Bertz CT molecular complexity index is 730. The van der Waals surface area contributed by atoms with Crippen molar-refractivity contribution in [3.05, 3.63) is 17.8 Å². The Balaban J connectivity index is 1.56. The highest BCUT2D eigenvalue weighted by Gasteiger charge is 2.56. The van der Waals surface area contributed by atoms with E-state index in [-0.39, 0.29) is 42.6 Å². The van der Waals surface area contributed by atoms with Gasteiger partial charge in [-0.3, -0.25) is 4.79 Å². The van der Waals surface area contributed by atoms with E-state index in [1.54, 1.807) is 17.9 Å². The van der Waals surface area contributed by atoms with Gasteiger partial charge in [0.15, 0.2) is 0 Å². The number of β-amino-alcohol motifs (C(OH)–C–C–N with tert-alkyl or cyclic N) is 1. The molecule has 1 aliphatic carbocycles. The number of rotatable bonds is 4. The second-order valence-electron chi connectivity index (χ2n) is 7.52. The van der Waals surface area contributed by atoms with E-state index in [1.807, 2.05) is 4.90 Å². The van der Waals surface area contributed by atoms with E-state index in [4.69, 9.17) is 5.11 Å². The summed E-state index contributed by atoms with van der Waals surface area (Å²) in [6.45, 7) is 3.15. The van der Waals surface area contributed by atoms with Crippen LogP contribution in [0.3, 0.4) is 0 Å². The lowest BCUT2D eigenvalue weighted by atomic mass is 10.0. The van der Waals surface area contributed by atoms with Gasteiger partial charge < -0.3 is 20.0 Å². The predicted molar refractivity (Wildman–Crippen MR) is 87.0 cm³/mol. The fourth-order valence-corrected chi connectivity index (χ4v) is 4.23. The number of fused-ring (bicyclic) bond motifs is 1. The first-order valence-corrected chi connectivity index (χ1v) is 8.66. The fraction of sp³-hybridized carbons (Fsp3) is 0.647. The molecule has 3 heterocycles. The third-order valence-electron chi connectivity index (χ3n) is 5.96. The average molecular weight is 371 g/mol. The maximum atomic E-state index is 13.3. The minimum Gasteiger partial charge on any atom is -0.481 e. The second kappa shape index (κ2) is 5.73. The van der Waals surface area contributed by atoms with Gasteiger partial charge in [0.1, 0.15) is 11.5 Å². The molecule has 1 saturated carbocycles. The first kappa shape index (κ1) is 17.4. The summed E-state index contributed by atoms with van der Waals surface area (Å²) in [5.41, 5.74) is -0.488. The number of anilines is 2. The smallest absolute Gasteiger partial charge is 0.433 e. The van der Waals surface area contributed by atoms with Crippen LogP contribution in [0, 0.1) is 17.8 Å². The average Bonchev–Trinajstić information content (AvgIpc) is 3.00. The number of hydrogen-bond acceptors (Lipinski definition) is 5. The highest BCUT2D eigenvalue weighted by atomic mass is 19.4. The lowest BCUT2D eigenvalue weighted by Crippen LogP contribution is -2.59. The first-order valence-electron chi connectivity index (χ1n) is 8.66. The maximum absolute atomic E-state index is 13.3. The Morgan fingerprint density at radius 1 is 1.27 bits per heavy atom. The van der Waals surface area contributed by atoms with Crippen LogP contribution in [0.5, 0.6) is 0 Å². The summed E-state index contributed by atoms with van der Waals surface area (Å²) >= 11 is 0. The highest BCUT2D eigenvalue weighted by Crippen LogP contribution is 2.54. The molecule has 5 atom stereocenters. The van der Waals surface area contributed by atoms with Crippen LogP contribution in [-0.4, -0.2) is 52.9 Å². The number of aromatic nitrogens is 1. The van der Waals surface area contributed by atoms with E-state index >= 15 is 0 Å². The number of carboxylic acid groups (broad SMARTS) is 1. The Hall–Kier alpha value is -2.03. The molecule has 2 saturated heterocycles. The molecule has 142 valence electrons. The van der Waals surface area contributed by atoms with E-state index in [0.29, 0.717) is 18.8 Å². The van der Waals surface area contributed by atoms with Crippen LogP contribution in [0.15, 0.2) is 12.1 Å². The van der Waals surface area contributed by atoms with Gasteiger partial charge in [-0.05, 0) is 30.7 Å². The van der Waals surface area contributed by atoms with Gasteiger partial charge in [-0.15, -0.1) is 0 Å². The quantitative estimate of drug-likeness (QED) is 0.841. The molecule has 0 amide bonds. The van der Waals surface area contributed by atoms with Crippen LogP contribution < -0.4 is 9.80 Å². The fourth-order valence-electron chi connectivity index (χ4n) is 4.23. The van der Waals surface area contributed by atoms with Crippen molar-refractivity contribution < 1.29 is 28.2 Å². The standard InChI is InChI=1S/C17H20F3N3O3/c1-8-13(24)7-23(8)15-3-9(2-14(21-15)17(18,19)20)22-5-11-10(4-16(25)26)12(11)6-22/h2-3,8,10-13,24H,4-7H2,1H3,(H,25,26)/t8-,10?,11-,12+,13+/m0/s1. The number of halogens is 3. The molecule has 9 heteroatoms. The highest BCUT2D eigenvalue weighted by molar-refractivity contribution is 5.68.